The van der Waals surface area contributed by atoms with Crippen LogP contribution in [0.15, 0.2) is 54.6 Å². The molecule has 0 aliphatic carbocycles. The Hall–Kier alpha value is -3.98. The fourth-order valence-electron chi connectivity index (χ4n) is 3.38. The lowest BCUT2D eigenvalue weighted by atomic mass is 10.2. The summed E-state index contributed by atoms with van der Waals surface area (Å²) < 4.78 is 16.5. The van der Waals surface area contributed by atoms with E-state index in [-0.39, 0.29) is 5.69 Å². The number of para-hydroxylation sites is 1. The standard InChI is InChI=1S/C24H24N4O5/c1-2-32-21-20(16-29)26-22(27-23(21)28-12-14-31-15-13-28)17-8-10-19(11-9-17)33-24(30)25-18-6-4-3-5-7-18/h3-11,16H,2,12-15H2,1H3,(H,25,30). The maximum Gasteiger partial charge on any atom is 0.417 e. The van der Waals surface area contributed by atoms with E-state index in [0.29, 0.717) is 73.6 Å². The molecule has 4 rings (SSSR count). The van der Waals surface area contributed by atoms with Crippen molar-refractivity contribution in [1.29, 1.82) is 0 Å². The molecule has 1 fully saturated rings. The van der Waals surface area contributed by atoms with Crippen LogP contribution in [-0.4, -0.2) is 55.3 Å². The van der Waals surface area contributed by atoms with Gasteiger partial charge in [0.15, 0.2) is 29.4 Å². The van der Waals surface area contributed by atoms with Gasteiger partial charge in [-0.05, 0) is 43.3 Å². The third-order valence-electron chi connectivity index (χ3n) is 4.93. The van der Waals surface area contributed by atoms with E-state index in [0.717, 1.165) is 0 Å². The molecule has 0 unspecified atom stereocenters. The normalized spacial score (nSPS) is 13.3. The van der Waals surface area contributed by atoms with E-state index >= 15 is 0 Å². The molecule has 9 nitrogen and oxygen atoms in total. The third-order valence-corrected chi connectivity index (χ3v) is 4.93. The van der Waals surface area contributed by atoms with E-state index in [2.05, 4.69) is 10.3 Å². The molecule has 1 aromatic heterocycles. The minimum Gasteiger partial charge on any atom is -0.488 e. The van der Waals surface area contributed by atoms with Crippen molar-refractivity contribution in [3.63, 3.8) is 0 Å². The Balaban J connectivity index is 1.56. The van der Waals surface area contributed by atoms with Gasteiger partial charge in [-0.1, -0.05) is 18.2 Å². The summed E-state index contributed by atoms with van der Waals surface area (Å²) in [6, 6.07) is 15.8. The molecule has 1 amide bonds. The van der Waals surface area contributed by atoms with Gasteiger partial charge in [-0.3, -0.25) is 10.1 Å². The molecule has 9 heteroatoms. The van der Waals surface area contributed by atoms with Crippen molar-refractivity contribution in [1.82, 2.24) is 9.97 Å². The molecular weight excluding hydrogens is 424 g/mol. The summed E-state index contributed by atoms with van der Waals surface area (Å²) in [5.41, 5.74) is 1.50. The Morgan fingerprint density at radius 3 is 2.48 bits per heavy atom. The van der Waals surface area contributed by atoms with Gasteiger partial charge in [0, 0.05) is 24.3 Å². The predicted molar refractivity (Wildman–Crippen MR) is 123 cm³/mol. The summed E-state index contributed by atoms with van der Waals surface area (Å²) in [6.07, 6.45) is 0.0787. The molecule has 0 saturated carbocycles. The van der Waals surface area contributed by atoms with Crippen LogP contribution in [0.2, 0.25) is 0 Å². The molecule has 0 bridgehead atoms. The lowest BCUT2D eigenvalue weighted by Crippen LogP contribution is -2.37. The average molecular weight is 448 g/mol. The van der Waals surface area contributed by atoms with E-state index in [1.54, 1.807) is 36.4 Å². The lowest BCUT2D eigenvalue weighted by Gasteiger charge is -2.29. The number of aldehydes is 1. The minimum absolute atomic E-state index is 0.186. The summed E-state index contributed by atoms with van der Waals surface area (Å²) in [6.45, 7) is 4.64. The Kier molecular flexibility index (Phi) is 7.11. The number of morpholine rings is 1. The van der Waals surface area contributed by atoms with Crippen molar-refractivity contribution in [3.05, 3.63) is 60.3 Å². The summed E-state index contributed by atoms with van der Waals surface area (Å²) in [5, 5.41) is 2.66. The molecule has 2 heterocycles. The van der Waals surface area contributed by atoms with Crippen molar-refractivity contribution in [2.75, 3.05) is 43.1 Å². The largest absolute Gasteiger partial charge is 0.488 e. The Bertz CT molecular complexity index is 1100. The maximum absolute atomic E-state index is 12.1. The van der Waals surface area contributed by atoms with Crippen LogP contribution in [0.4, 0.5) is 16.3 Å². The smallest absolute Gasteiger partial charge is 0.417 e. The van der Waals surface area contributed by atoms with Gasteiger partial charge in [-0.25, -0.2) is 14.8 Å². The highest BCUT2D eigenvalue weighted by Crippen LogP contribution is 2.32. The number of amides is 1. The van der Waals surface area contributed by atoms with Crippen LogP contribution in [0.5, 0.6) is 11.5 Å². The number of carbonyl (C=O) groups is 2. The zero-order valence-corrected chi connectivity index (χ0v) is 18.2. The second kappa shape index (κ2) is 10.6. The van der Waals surface area contributed by atoms with Crippen LogP contribution >= 0.6 is 0 Å². The lowest BCUT2D eigenvalue weighted by molar-refractivity contribution is 0.111. The number of hydrogen-bond acceptors (Lipinski definition) is 8. The topological polar surface area (TPSA) is 103 Å². The number of hydrogen-bond donors (Lipinski definition) is 1. The second-order valence-corrected chi connectivity index (χ2v) is 7.14. The van der Waals surface area contributed by atoms with Gasteiger partial charge >= 0.3 is 6.09 Å². The van der Waals surface area contributed by atoms with Crippen molar-refractivity contribution >= 4 is 23.9 Å². The summed E-state index contributed by atoms with van der Waals surface area (Å²) in [7, 11) is 0. The highest BCUT2D eigenvalue weighted by atomic mass is 16.6. The molecule has 1 aliphatic heterocycles. The minimum atomic E-state index is -0.593. The number of ether oxygens (including phenoxy) is 3. The number of nitrogens with zero attached hydrogens (tertiary/aromatic N) is 3. The summed E-state index contributed by atoms with van der Waals surface area (Å²) in [5.74, 6) is 1.68. The Morgan fingerprint density at radius 2 is 1.82 bits per heavy atom. The fourth-order valence-corrected chi connectivity index (χ4v) is 3.38. The van der Waals surface area contributed by atoms with E-state index in [9.17, 15) is 9.59 Å². The van der Waals surface area contributed by atoms with Crippen LogP contribution in [0.3, 0.4) is 0 Å². The zero-order valence-electron chi connectivity index (χ0n) is 18.2. The third kappa shape index (κ3) is 5.45. The van der Waals surface area contributed by atoms with Gasteiger partial charge in [-0.2, -0.15) is 0 Å². The van der Waals surface area contributed by atoms with Crippen molar-refractivity contribution in [3.8, 4) is 22.9 Å². The van der Waals surface area contributed by atoms with E-state index in [4.69, 9.17) is 19.2 Å². The first-order valence-electron chi connectivity index (χ1n) is 10.6. The maximum atomic E-state index is 12.1. The number of aromatic nitrogens is 2. The van der Waals surface area contributed by atoms with Crippen molar-refractivity contribution in [2.45, 2.75) is 6.92 Å². The molecule has 1 N–H and O–H groups in total. The molecular formula is C24H24N4O5. The summed E-state index contributed by atoms with van der Waals surface area (Å²) in [4.78, 5) is 35.0. The van der Waals surface area contributed by atoms with Crippen LogP contribution in [0, 0.1) is 0 Å². The van der Waals surface area contributed by atoms with E-state index < -0.39 is 6.09 Å². The zero-order chi connectivity index (χ0) is 23.0. The van der Waals surface area contributed by atoms with Crippen LogP contribution in [-0.2, 0) is 4.74 Å². The quantitative estimate of drug-likeness (QED) is 0.545. The Labute approximate surface area is 191 Å². The highest BCUT2D eigenvalue weighted by molar-refractivity contribution is 5.86. The van der Waals surface area contributed by atoms with Gasteiger partial charge in [0.05, 0.1) is 19.8 Å². The number of anilines is 2. The summed E-state index contributed by atoms with van der Waals surface area (Å²) >= 11 is 0. The van der Waals surface area contributed by atoms with E-state index in [1.807, 2.05) is 30.0 Å². The molecule has 0 radical (unpaired) electrons. The molecule has 33 heavy (non-hydrogen) atoms. The predicted octanol–water partition coefficient (Wildman–Crippen LogP) is 3.80. The average Bonchev–Trinajstić information content (AvgIpc) is 2.86. The number of carbonyl (C=O) groups excluding carboxylic acids is 2. The van der Waals surface area contributed by atoms with Gasteiger partial charge < -0.3 is 19.1 Å². The van der Waals surface area contributed by atoms with Gasteiger partial charge in [-0.15, -0.1) is 0 Å². The number of benzene rings is 2. The molecule has 1 saturated heterocycles. The fraction of sp³-hybridized carbons (Fsp3) is 0.250. The molecule has 3 aromatic rings. The molecule has 2 aromatic carbocycles. The van der Waals surface area contributed by atoms with Crippen molar-refractivity contribution in [2.24, 2.45) is 0 Å². The molecule has 0 spiro atoms. The van der Waals surface area contributed by atoms with Gasteiger partial charge in [0.1, 0.15) is 5.75 Å². The first kappa shape index (κ1) is 22.2. The number of nitrogens with one attached hydrogen (secondary N) is 1. The molecule has 1 aliphatic rings. The van der Waals surface area contributed by atoms with Gasteiger partial charge in [0.2, 0.25) is 0 Å². The molecule has 170 valence electrons. The SMILES string of the molecule is CCOc1c(C=O)nc(-c2ccc(OC(=O)Nc3ccccc3)cc2)nc1N1CCOCC1. The van der Waals surface area contributed by atoms with E-state index in [1.165, 1.54) is 0 Å². The first-order valence-corrected chi connectivity index (χ1v) is 10.6. The van der Waals surface area contributed by atoms with Crippen LogP contribution < -0.4 is 19.7 Å². The Morgan fingerprint density at radius 1 is 1.09 bits per heavy atom. The first-order chi connectivity index (χ1) is 16.2. The van der Waals surface area contributed by atoms with Crippen molar-refractivity contribution < 1.29 is 23.8 Å². The van der Waals surface area contributed by atoms with Crippen LogP contribution in [0.25, 0.3) is 11.4 Å². The second-order valence-electron chi connectivity index (χ2n) is 7.14. The monoisotopic (exact) mass is 448 g/mol. The number of rotatable bonds is 7. The van der Waals surface area contributed by atoms with Crippen LogP contribution in [0.1, 0.15) is 17.4 Å². The highest BCUT2D eigenvalue weighted by Gasteiger charge is 2.23. The molecule has 0 atom stereocenters. The van der Waals surface area contributed by atoms with Gasteiger partial charge in [0.25, 0.3) is 0 Å².